The zero-order chi connectivity index (χ0) is 30.7. The van der Waals surface area contributed by atoms with Gasteiger partial charge >= 0.3 is 12.2 Å². The third kappa shape index (κ3) is 6.61. The van der Waals surface area contributed by atoms with Crippen molar-refractivity contribution >= 4 is 28.9 Å². The van der Waals surface area contributed by atoms with Gasteiger partial charge in [-0.3, -0.25) is 9.67 Å². The summed E-state index contributed by atoms with van der Waals surface area (Å²) in [4.78, 5) is 38.8. The van der Waals surface area contributed by atoms with Crippen LogP contribution in [0, 0.1) is 5.92 Å². The largest absolute Gasteiger partial charge is 0.443 e. The number of β-amino-alcohol motifs (C(OH)–C–C–N with tert-alkyl or cyclic N) is 1. The van der Waals surface area contributed by atoms with Crippen LogP contribution in [0.1, 0.15) is 84.9 Å². The molecule has 1 saturated heterocycles. The van der Waals surface area contributed by atoms with E-state index in [1.165, 1.54) is 0 Å². The van der Waals surface area contributed by atoms with Crippen molar-refractivity contribution in [2.45, 2.75) is 96.5 Å². The lowest BCUT2D eigenvalue weighted by atomic mass is 9.80. The van der Waals surface area contributed by atoms with E-state index in [-0.39, 0.29) is 24.6 Å². The number of carbonyl (C=O) groups excluding carboxylic acids is 2. The Kier molecular flexibility index (Phi) is 7.35. The predicted octanol–water partition coefficient (Wildman–Crippen LogP) is 5.67. The van der Waals surface area contributed by atoms with Gasteiger partial charge in [0.05, 0.1) is 40.8 Å². The summed E-state index contributed by atoms with van der Waals surface area (Å²) in [6, 6.07) is 6.21. The maximum atomic E-state index is 12.9. The van der Waals surface area contributed by atoms with Crippen molar-refractivity contribution < 1.29 is 24.2 Å². The van der Waals surface area contributed by atoms with Crippen molar-refractivity contribution in [3.63, 3.8) is 0 Å². The van der Waals surface area contributed by atoms with Gasteiger partial charge in [-0.25, -0.2) is 19.5 Å². The number of fused-ring (bicyclic) bond motifs is 1. The first-order valence-electron chi connectivity index (χ1n) is 15.2. The summed E-state index contributed by atoms with van der Waals surface area (Å²) in [6.07, 6.45) is 6.07. The number of hydrogen-bond acceptors (Lipinski definition) is 9. The molecule has 6 rings (SSSR count). The third-order valence-electron chi connectivity index (χ3n) is 8.01. The molecule has 3 aliphatic rings. The average molecular weight is 591 g/mol. The Morgan fingerprint density at radius 3 is 2.23 bits per heavy atom. The van der Waals surface area contributed by atoms with Crippen molar-refractivity contribution in [3.05, 3.63) is 36.3 Å². The summed E-state index contributed by atoms with van der Waals surface area (Å²) >= 11 is 0. The van der Waals surface area contributed by atoms with Gasteiger partial charge in [-0.15, -0.1) is 0 Å². The molecule has 43 heavy (non-hydrogen) atoms. The second kappa shape index (κ2) is 10.8. The number of carbonyl (C=O) groups is 2. The Bertz CT molecular complexity index is 1500. The minimum atomic E-state index is -0.726. The molecule has 0 bridgehead atoms. The fraction of sp³-hybridized carbons (Fsp3) is 0.594. The molecule has 1 N–H and O–H groups in total. The Morgan fingerprint density at radius 1 is 1.00 bits per heavy atom. The summed E-state index contributed by atoms with van der Waals surface area (Å²) in [6.45, 7) is 12.2. The Morgan fingerprint density at radius 2 is 1.65 bits per heavy atom. The monoisotopic (exact) mass is 590 g/mol. The van der Waals surface area contributed by atoms with E-state index in [0.717, 1.165) is 64.3 Å². The number of aromatic nitrogens is 4. The van der Waals surface area contributed by atoms with Crippen molar-refractivity contribution in [1.82, 2.24) is 24.6 Å². The minimum Gasteiger partial charge on any atom is -0.443 e. The summed E-state index contributed by atoms with van der Waals surface area (Å²) in [7, 11) is 0. The first-order chi connectivity index (χ1) is 20.2. The van der Waals surface area contributed by atoms with Gasteiger partial charge < -0.3 is 19.5 Å². The van der Waals surface area contributed by atoms with Crippen LogP contribution in [0.15, 0.2) is 30.6 Å². The molecule has 2 aliphatic carbocycles. The molecule has 3 aromatic rings. The van der Waals surface area contributed by atoms with E-state index in [2.05, 4.69) is 11.1 Å². The molecule has 3 heterocycles. The quantitative estimate of drug-likeness (QED) is 0.386. The van der Waals surface area contributed by atoms with E-state index in [1.807, 2.05) is 29.1 Å². The lowest BCUT2D eigenvalue weighted by Crippen LogP contribution is -2.50. The lowest BCUT2D eigenvalue weighted by molar-refractivity contribution is -0.00642. The zero-order valence-corrected chi connectivity index (χ0v) is 25.9. The van der Waals surface area contributed by atoms with Crippen molar-refractivity contribution in [1.29, 1.82) is 0 Å². The second-order valence-corrected chi connectivity index (χ2v) is 14.2. The van der Waals surface area contributed by atoms with Crippen LogP contribution >= 0.6 is 0 Å². The van der Waals surface area contributed by atoms with Crippen molar-refractivity contribution in [2.75, 3.05) is 24.5 Å². The summed E-state index contributed by atoms with van der Waals surface area (Å²) in [5.41, 5.74) is 4.13. The highest BCUT2D eigenvalue weighted by Crippen LogP contribution is 2.46. The number of benzene rings is 1. The Hall–Kier alpha value is -3.73. The van der Waals surface area contributed by atoms with Gasteiger partial charge in [-0.05, 0) is 91.3 Å². The van der Waals surface area contributed by atoms with E-state index in [4.69, 9.17) is 24.5 Å². The van der Waals surface area contributed by atoms with Crippen LogP contribution in [0.5, 0.6) is 0 Å². The van der Waals surface area contributed by atoms with Gasteiger partial charge in [0.1, 0.15) is 11.2 Å². The van der Waals surface area contributed by atoms with E-state index in [0.29, 0.717) is 19.0 Å². The highest BCUT2D eigenvalue weighted by atomic mass is 16.6. The van der Waals surface area contributed by atoms with Gasteiger partial charge in [-0.2, -0.15) is 5.10 Å². The van der Waals surface area contributed by atoms with Crippen LogP contribution in [-0.4, -0.2) is 78.9 Å². The van der Waals surface area contributed by atoms with Crippen molar-refractivity contribution in [3.8, 4) is 11.3 Å². The topological polar surface area (TPSA) is 123 Å². The van der Waals surface area contributed by atoms with E-state index < -0.39 is 23.4 Å². The van der Waals surface area contributed by atoms with Gasteiger partial charge in [0.25, 0.3) is 0 Å². The molecule has 2 saturated carbocycles. The first kappa shape index (κ1) is 29.3. The molecule has 1 aromatic carbocycles. The number of rotatable bonds is 6. The molecule has 0 spiro atoms. The second-order valence-electron chi connectivity index (χ2n) is 14.2. The van der Waals surface area contributed by atoms with Crippen LogP contribution in [0.4, 0.5) is 15.3 Å². The molecule has 1 aliphatic heterocycles. The van der Waals surface area contributed by atoms with Crippen LogP contribution in [-0.2, 0) is 9.47 Å². The smallest absolute Gasteiger partial charge is 0.419 e. The standard InChI is InChI=1S/C32H42N6O5/c1-31(2,3)42-29(40)37(30(41)43-32(4,5)6)15-19-11-22(12-19)38-18-24(28(35-38)20-7-8-20)27-14-33-26-13-21(9-10-25(26)34-27)36-16-23(39)17-36/h9-10,13-14,18-20,22-23,39H,7-8,11-12,15-17H2,1-6H3. The maximum absolute atomic E-state index is 12.9. The van der Waals surface area contributed by atoms with Crippen LogP contribution in [0.2, 0.25) is 0 Å². The molecule has 0 atom stereocenters. The molecule has 11 heteroatoms. The Balaban J connectivity index is 1.16. The molecule has 0 radical (unpaired) electrons. The van der Waals surface area contributed by atoms with Gasteiger partial charge in [0.15, 0.2) is 0 Å². The summed E-state index contributed by atoms with van der Waals surface area (Å²) < 4.78 is 13.1. The van der Waals surface area contributed by atoms with Crippen LogP contribution in [0.25, 0.3) is 22.3 Å². The SMILES string of the molecule is CC(C)(C)OC(=O)N(CC1CC(n2cc(-c3cnc4cc(N5CC(O)C5)ccc4n3)c(C3CC3)n2)C1)C(=O)OC(C)(C)C. The van der Waals surface area contributed by atoms with Crippen molar-refractivity contribution in [2.24, 2.45) is 5.92 Å². The lowest BCUT2D eigenvalue weighted by Gasteiger charge is -2.38. The molecule has 2 aromatic heterocycles. The van der Waals surface area contributed by atoms with E-state index in [9.17, 15) is 14.7 Å². The van der Waals surface area contributed by atoms with Crippen LogP contribution in [0.3, 0.4) is 0 Å². The molecular weight excluding hydrogens is 548 g/mol. The Labute approximate surface area is 252 Å². The number of ether oxygens (including phenoxy) is 2. The van der Waals surface area contributed by atoms with Crippen LogP contribution < -0.4 is 4.90 Å². The van der Waals surface area contributed by atoms with Gasteiger partial charge in [-0.1, -0.05) is 0 Å². The first-order valence-corrected chi connectivity index (χ1v) is 15.2. The summed E-state index contributed by atoms with van der Waals surface area (Å²) in [5.74, 6) is 0.545. The van der Waals surface area contributed by atoms with E-state index >= 15 is 0 Å². The average Bonchev–Trinajstić information content (AvgIpc) is 3.62. The number of nitrogens with zero attached hydrogens (tertiary/aromatic N) is 6. The number of aliphatic hydroxyl groups excluding tert-OH is 1. The normalized spacial score (nSPS) is 20.9. The van der Waals surface area contributed by atoms with Gasteiger partial charge in [0.2, 0.25) is 0 Å². The molecule has 230 valence electrons. The molecular formula is C32H42N6O5. The predicted molar refractivity (Wildman–Crippen MR) is 162 cm³/mol. The number of imide groups is 1. The highest BCUT2D eigenvalue weighted by molar-refractivity contribution is 5.88. The molecule has 3 fully saturated rings. The molecule has 0 unspecified atom stereocenters. The van der Waals surface area contributed by atoms with Gasteiger partial charge in [0, 0.05) is 43.0 Å². The fourth-order valence-corrected chi connectivity index (χ4v) is 5.62. The third-order valence-corrected chi connectivity index (χ3v) is 8.01. The highest BCUT2D eigenvalue weighted by Gasteiger charge is 2.40. The number of anilines is 1. The van der Waals surface area contributed by atoms with E-state index in [1.54, 1.807) is 41.5 Å². The number of aliphatic hydroxyl groups is 1. The fourth-order valence-electron chi connectivity index (χ4n) is 5.62. The molecule has 2 amide bonds. The maximum Gasteiger partial charge on any atom is 0.419 e. The summed E-state index contributed by atoms with van der Waals surface area (Å²) in [5, 5.41) is 14.7. The zero-order valence-electron chi connectivity index (χ0n) is 25.9. The number of hydrogen-bond donors (Lipinski definition) is 1. The minimum absolute atomic E-state index is 0.115. The number of amides is 2. The molecule has 11 nitrogen and oxygen atoms in total.